The van der Waals surface area contributed by atoms with Gasteiger partial charge in [0, 0.05) is 17.8 Å². The molecule has 0 aliphatic heterocycles. The minimum absolute atomic E-state index is 0.0836. The van der Waals surface area contributed by atoms with E-state index in [4.69, 9.17) is 4.74 Å². The second-order valence-electron chi connectivity index (χ2n) is 5.26. The molecule has 0 amide bonds. The maximum absolute atomic E-state index is 12.4. The van der Waals surface area contributed by atoms with E-state index >= 15 is 0 Å². The van der Waals surface area contributed by atoms with E-state index in [1.54, 1.807) is 24.4 Å². The van der Waals surface area contributed by atoms with Crippen LogP contribution in [0.4, 0.5) is 0 Å². The number of carbonyl (C=O) groups is 1. The maximum atomic E-state index is 12.4. The molecule has 0 bridgehead atoms. The van der Waals surface area contributed by atoms with Crippen molar-refractivity contribution in [1.29, 1.82) is 5.26 Å². The first-order valence-corrected chi connectivity index (χ1v) is 8.51. The number of nitriles is 1. The Balaban J connectivity index is 1.86. The second-order valence-corrected chi connectivity index (χ2v) is 6.06. The first kappa shape index (κ1) is 15.5. The monoisotopic (exact) mass is 325 g/mol. The summed E-state index contributed by atoms with van der Waals surface area (Å²) in [6.07, 6.45) is 5.65. The Kier molecular flexibility index (Phi) is 4.58. The summed E-state index contributed by atoms with van der Waals surface area (Å²) >= 11 is 1.37. The Hall–Kier alpha value is -2.39. The molecule has 0 saturated heterocycles. The van der Waals surface area contributed by atoms with Crippen LogP contribution in [0.1, 0.15) is 46.1 Å². The molecule has 6 heteroatoms. The highest BCUT2D eigenvalue weighted by Gasteiger charge is 2.28. The quantitative estimate of drug-likeness (QED) is 0.620. The van der Waals surface area contributed by atoms with Crippen molar-refractivity contribution >= 4 is 17.7 Å². The van der Waals surface area contributed by atoms with Crippen molar-refractivity contribution in [3.05, 3.63) is 53.0 Å². The van der Waals surface area contributed by atoms with Gasteiger partial charge in [-0.25, -0.2) is 9.78 Å². The summed E-state index contributed by atoms with van der Waals surface area (Å²) in [5.74, 6) is -0.109. The molecule has 0 radical (unpaired) electrons. The van der Waals surface area contributed by atoms with E-state index in [9.17, 15) is 10.1 Å². The van der Waals surface area contributed by atoms with E-state index in [1.165, 1.54) is 11.8 Å². The first-order valence-electron chi connectivity index (χ1n) is 7.29. The fraction of sp³-hybridized carbons (Fsp3) is 0.294. The van der Waals surface area contributed by atoms with Gasteiger partial charge in [-0.1, -0.05) is 6.07 Å². The zero-order valence-electron chi connectivity index (χ0n) is 12.7. The molecular formula is C17H15N3O2S. The van der Waals surface area contributed by atoms with Crippen LogP contribution in [0.25, 0.3) is 0 Å². The summed E-state index contributed by atoms with van der Waals surface area (Å²) in [5, 5.41) is 9.97. The highest BCUT2D eigenvalue weighted by molar-refractivity contribution is 7.98. The van der Waals surface area contributed by atoms with E-state index in [0.29, 0.717) is 22.2 Å². The minimum Gasteiger partial charge on any atom is -0.456 e. The Labute approximate surface area is 138 Å². The average molecular weight is 325 g/mol. The molecule has 2 aromatic heterocycles. The number of nitrogens with zero attached hydrogens (tertiary/aromatic N) is 3. The van der Waals surface area contributed by atoms with Gasteiger partial charge in [-0.15, -0.1) is 11.8 Å². The number of ether oxygens (including phenoxy) is 1. The first-order chi connectivity index (χ1) is 11.2. The zero-order chi connectivity index (χ0) is 16.2. The van der Waals surface area contributed by atoms with Gasteiger partial charge in [0.15, 0.2) is 0 Å². The molecule has 5 nitrogen and oxygen atoms in total. The van der Waals surface area contributed by atoms with E-state index in [0.717, 1.165) is 18.5 Å². The molecule has 0 aromatic carbocycles. The van der Waals surface area contributed by atoms with Gasteiger partial charge >= 0.3 is 5.97 Å². The number of rotatable bonds is 5. The second kappa shape index (κ2) is 6.80. The summed E-state index contributed by atoms with van der Waals surface area (Å²) in [5.41, 5.74) is 2.12. The number of hydrogen-bond acceptors (Lipinski definition) is 6. The number of thioether (sulfide) groups is 1. The smallest absolute Gasteiger partial charge is 0.340 e. The highest BCUT2D eigenvalue weighted by Crippen LogP contribution is 2.40. The standard InChI is InChI=1S/C17H15N3O2S/c1-23-16-14(9-18)13(8-15(20-16)11-5-6-11)17(21)22-10-12-4-2-3-7-19-12/h2-4,7-8,11H,5-6,10H2,1H3. The van der Waals surface area contributed by atoms with E-state index in [2.05, 4.69) is 16.0 Å². The molecule has 3 rings (SSSR count). The van der Waals surface area contributed by atoms with E-state index < -0.39 is 5.97 Å². The summed E-state index contributed by atoms with van der Waals surface area (Å²) in [4.78, 5) is 21.0. The normalized spacial score (nSPS) is 13.4. The molecule has 1 fully saturated rings. The molecule has 2 aromatic rings. The lowest BCUT2D eigenvalue weighted by Crippen LogP contribution is -2.11. The fourth-order valence-corrected chi connectivity index (χ4v) is 2.80. The van der Waals surface area contributed by atoms with Gasteiger partial charge in [-0.2, -0.15) is 5.26 Å². The van der Waals surface area contributed by atoms with Crippen LogP contribution in [0.5, 0.6) is 0 Å². The number of hydrogen-bond donors (Lipinski definition) is 0. The van der Waals surface area contributed by atoms with Crippen molar-refractivity contribution in [3.63, 3.8) is 0 Å². The maximum Gasteiger partial charge on any atom is 0.340 e. The van der Waals surface area contributed by atoms with Crippen LogP contribution < -0.4 is 0 Å². The molecule has 0 unspecified atom stereocenters. The molecule has 2 heterocycles. The predicted molar refractivity (Wildman–Crippen MR) is 86.1 cm³/mol. The Bertz CT molecular complexity index is 767. The van der Waals surface area contributed by atoms with Gasteiger partial charge in [-0.05, 0) is 37.3 Å². The van der Waals surface area contributed by atoms with Crippen LogP contribution in [0.2, 0.25) is 0 Å². The van der Waals surface area contributed by atoms with Crippen molar-refractivity contribution in [2.45, 2.75) is 30.4 Å². The molecule has 1 aliphatic rings. The highest BCUT2D eigenvalue weighted by atomic mass is 32.2. The lowest BCUT2D eigenvalue weighted by atomic mass is 10.1. The molecule has 116 valence electrons. The van der Waals surface area contributed by atoms with E-state index in [1.807, 2.05) is 12.3 Å². The summed E-state index contributed by atoms with van der Waals surface area (Å²) in [6.45, 7) is 0.0836. The van der Waals surface area contributed by atoms with Crippen LogP contribution in [0.15, 0.2) is 35.5 Å². The van der Waals surface area contributed by atoms with Gasteiger partial charge < -0.3 is 4.74 Å². The van der Waals surface area contributed by atoms with Crippen LogP contribution >= 0.6 is 11.8 Å². The largest absolute Gasteiger partial charge is 0.456 e. The fourth-order valence-electron chi connectivity index (χ4n) is 2.25. The van der Waals surface area contributed by atoms with Crippen LogP contribution in [-0.4, -0.2) is 22.2 Å². The molecule has 0 spiro atoms. The van der Waals surface area contributed by atoms with Crippen molar-refractivity contribution in [2.75, 3.05) is 6.26 Å². The number of esters is 1. The lowest BCUT2D eigenvalue weighted by Gasteiger charge is -2.10. The van der Waals surface area contributed by atoms with Crippen molar-refractivity contribution in [1.82, 2.24) is 9.97 Å². The predicted octanol–water partition coefficient (Wildman–Crippen LogP) is 3.30. The van der Waals surface area contributed by atoms with Crippen LogP contribution in [0.3, 0.4) is 0 Å². The Morgan fingerprint density at radius 2 is 2.30 bits per heavy atom. The molecule has 23 heavy (non-hydrogen) atoms. The topological polar surface area (TPSA) is 75.9 Å². The molecule has 1 aliphatic carbocycles. The van der Waals surface area contributed by atoms with Gasteiger partial charge in [0.05, 0.1) is 16.8 Å². The van der Waals surface area contributed by atoms with Gasteiger partial charge in [0.25, 0.3) is 0 Å². The minimum atomic E-state index is -0.508. The molecule has 0 atom stereocenters. The molecule has 0 N–H and O–H groups in total. The Morgan fingerprint density at radius 1 is 1.48 bits per heavy atom. The van der Waals surface area contributed by atoms with Gasteiger partial charge in [0.2, 0.25) is 0 Å². The van der Waals surface area contributed by atoms with Crippen molar-refractivity contribution in [3.8, 4) is 6.07 Å². The third-order valence-electron chi connectivity index (χ3n) is 3.60. The van der Waals surface area contributed by atoms with Crippen LogP contribution in [-0.2, 0) is 11.3 Å². The van der Waals surface area contributed by atoms with Gasteiger partial charge in [0.1, 0.15) is 17.7 Å². The third-order valence-corrected chi connectivity index (χ3v) is 4.29. The summed E-state index contributed by atoms with van der Waals surface area (Å²) in [7, 11) is 0. The van der Waals surface area contributed by atoms with Crippen LogP contribution in [0, 0.1) is 11.3 Å². The third kappa shape index (κ3) is 3.51. The molecular weight excluding hydrogens is 310 g/mol. The number of pyridine rings is 2. The SMILES string of the molecule is CSc1nc(C2CC2)cc(C(=O)OCc2ccccn2)c1C#N. The Morgan fingerprint density at radius 3 is 2.91 bits per heavy atom. The average Bonchev–Trinajstić information content (AvgIpc) is 3.44. The van der Waals surface area contributed by atoms with Crippen molar-refractivity contribution in [2.24, 2.45) is 0 Å². The zero-order valence-corrected chi connectivity index (χ0v) is 13.5. The summed E-state index contributed by atoms with van der Waals surface area (Å²) < 4.78 is 5.32. The van der Waals surface area contributed by atoms with Gasteiger partial charge in [-0.3, -0.25) is 4.98 Å². The summed E-state index contributed by atoms with van der Waals surface area (Å²) in [6, 6.07) is 9.21. The number of aromatic nitrogens is 2. The van der Waals surface area contributed by atoms with E-state index in [-0.39, 0.29) is 12.2 Å². The van der Waals surface area contributed by atoms with Crippen molar-refractivity contribution < 1.29 is 9.53 Å². The number of carbonyl (C=O) groups excluding carboxylic acids is 1. The lowest BCUT2D eigenvalue weighted by molar-refractivity contribution is 0.0466. The molecule has 1 saturated carbocycles.